The third-order valence-electron chi connectivity index (χ3n) is 2.54. The van der Waals surface area contributed by atoms with Crippen LogP contribution in [0.25, 0.3) is 0 Å². The highest BCUT2D eigenvalue weighted by molar-refractivity contribution is 5.89. The normalized spacial score (nSPS) is 12.6. The quantitative estimate of drug-likeness (QED) is 0.516. The van der Waals surface area contributed by atoms with E-state index in [0.717, 1.165) is 0 Å². The summed E-state index contributed by atoms with van der Waals surface area (Å²) in [7, 11) is 0. The lowest BCUT2D eigenvalue weighted by Crippen LogP contribution is -2.56. The van der Waals surface area contributed by atoms with Crippen molar-refractivity contribution in [3.8, 4) is 0 Å². The summed E-state index contributed by atoms with van der Waals surface area (Å²) in [5, 5.41) is 13.7. The van der Waals surface area contributed by atoms with Gasteiger partial charge in [0.1, 0.15) is 5.54 Å². The third kappa shape index (κ3) is 5.51. The number of hydrogen-bond donors (Lipinski definition) is 4. The first-order valence-corrected chi connectivity index (χ1v) is 5.79. The molecule has 0 saturated heterocycles. The minimum atomic E-state index is -1.17. The lowest BCUT2D eigenvalue weighted by molar-refractivity contribution is -0.141. The Bertz CT molecular complexity index is 328. The van der Waals surface area contributed by atoms with Crippen LogP contribution >= 0.6 is 0 Å². The fourth-order valence-corrected chi connectivity index (χ4v) is 1.27. The fourth-order valence-electron chi connectivity index (χ4n) is 1.27. The first-order chi connectivity index (χ1) is 8.20. The number of nitrogens with one attached hydrogen (secondary N) is 2. The molecule has 1 unspecified atom stereocenters. The second-order valence-electron chi connectivity index (χ2n) is 4.65. The monoisotopic (exact) mass is 259 g/mol. The van der Waals surface area contributed by atoms with Gasteiger partial charge in [-0.3, -0.25) is 9.59 Å². The Morgan fingerprint density at radius 1 is 1.33 bits per heavy atom. The fraction of sp³-hybridized carbons (Fsp3) is 0.727. The van der Waals surface area contributed by atoms with Gasteiger partial charge >= 0.3 is 12.0 Å². The molecule has 0 aliphatic rings. The van der Waals surface area contributed by atoms with Crippen molar-refractivity contribution in [3.63, 3.8) is 0 Å². The zero-order valence-corrected chi connectivity index (χ0v) is 10.9. The van der Waals surface area contributed by atoms with Gasteiger partial charge in [-0.25, -0.2) is 4.79 Å². The number of hydrogen-bond acceptors (Lipinski definition) is 3. The molecule has 0 aromatic heterocycles. The summed E-state index contributed by atoms with van der Waals surface area (Å²) in [5.74, 6) is -2.25. The van der Waals surface area contributed by atoms with Crippen LogP contribution in [0.3, 0.4) is 0 Å². The summed E-state index contributed by atoms with van der Waals surface area (Å²) < 4.78 is 0. The predicted molar refractivity (Wildman–Crippen MR) is 65.8 cm³/mol. The molecule has 18 heavy (non-hydrogen) atoms. The van der Waals surface area contributed by atoms with Crippen molar-refractivity contribution in [2.75, 3.05) is 6.54 Å². The Balaban J connectivity index is 4.25. The van der Waals surface area contributed by atoms with Crippen LogP contribution in [0.1, 0.15) is 33.6 Å². The zero-order valence-electron chi connectivity index (χ0n) is 10.9. The smallest absolute Gasteiger partial charge is 0.315 e. The molecule has 0 radical (unpaired) electrons. The van der Waals surface area contributed by atoms with E-state index in [9.17, 15) is 14.4 Å². The van der Waals surface area contributed by atoms with Gasteiger partial charge in [0.25, 0.3) is 0 Å². The van der Waals surface area contributed by atoms with Crippen LogP contribution in [0.4, 0.5) is 4.79 Å². The van der Waals surface area contributed by atoms with Gasteiger partial charge in [-0.05, 0) is 20.3 Å². The van der Waals surface area contributed by atoms with E-state index in [-0.39, 0.29) is 6.54 Å². The van der Waals surface area contributed by atoms with Crippen molar-refractivity contribution in [1.82, 2.24) is 10.6 Å². The first-order valence-electron chi connectivity index (χ1n) is 5.79. The van der Waals surface area contributed by atoms with Gasteiger partial charge in [0.2, 0.25) is 5.91 Å². The number of carboxylic acid groups (broad SMARTS) is 1. The highest BCUT2D eigenvalue weighted by atomic mass is 16.4. The van der Waals surface area contributed by atoms with Crippen LogP contribution in [0.2, 0.25) is 0 Å². The number of carbonyl (C=O) groups excluding carboxylic acids is 2. The van der Waals surface area contributed by atoms with E-state index in [1.807, 2.05) is 6.92 Å². The first kappa shape index (κ1) is 16.2. The van der Waals surface area contributed by atoms with E-state index in [1.165, 1.54) is 13.8 Å². The molecule has 104 valence electrons. The summed E-state index contributed by atoms with van der Waals surface area (Å²) in [6, 6.07) is -0.610. The molecule has 0 aliphatic heterocycles. The topological polar surface area (TPSA) is 122 Å². The van der Waals surface area contributed by atoms with Crippen molar-refractivity contribution < 1.29 is 19.5 Å². The molecule has 0 aromatic carbocycles. The van der Waals surface area contributed by atoms with Gasteiger partial charge in [-0.15, -0.1) is 0 Å². The summed E-state index contributed by atoms with van der Waals surface area (Å²) in [4.78, 5) is 33.3. The van der Waals surface area contributed by atoms with Crippen LogP contribution < -0.4 is 16.4 Å². The zero-order chi connectivity index (χ0) is 14.3. The molecule has 0 heterocycles. The van der Waals surface area contributed by atoms with Gasteiger partial charge in [0, 0.05) is 6.54 Å². The molecule has 0 aliphatic carbocycles. The molecule has 0 fully saturated rings. The minimum absolute atomic E-state index is 0.0177. The van der Waals surface area contributed by atoms with Crippen molar-refractivity contribution in [2.24, 2.45) is 11.7 Å². The number of urea groups is 1. The SMILES string of the molecule is CCCC(CNC(=O)NC(C)(C)C(N)=O)C(=O)O. The molecule has 0 saturated carbocycles. The highest BCUT2D eigenvalue weighted by Gasteiger charge is 2.27. The van der Waals surface area contributed by atoms with Gasteiger partial charge in [-0.2, -0.15) is 0 Å². The molecule has 0 bridgehead atoms. The number of primary amides is 1. The molecular formula is C11H21N3O4. The average Bonchev–Trinajstić information content (AvgIpc) is 2.22. The van der Waals surface area contributed by atoms with Crippen molar-refractivity contribution in [3.05, 3.63) is 0 Å². The summed E-state index contributed by atoms with van der Waals surface area (Å²) in [6.45, 7) is 4.82. The third-order valence-corrected chi connectivity index (χ3v) is 2.54. The van der Waals surface area contributed by atoms with Gasteiger partial charge in [0.05, 0.1) is 5.92 Å². The Labute approximate surface area is 106 Å². The molecule has 5 N–H and O–H groups in total. The van der Waals surface area contributed by atoms with E-state index >= 15 is 0 Å². The molecule has 0 rings (SSSR count). The molecular weight excluding hydrogens is 238 g/mol. The molecule has 0 spiro atoms. The standard InChI is InChI=1S/C11H21N3O4/c1-4-5-7(8(15)16)6-13-10(18)14-11(2,3)9(12)17/h7H,4-6H2,1-3H3,(H2,12,17)(H,15,16)(H2,13,14,18). The Morgan fingerprint density at radius 2 is 1.89 bits per heavy atom. The van der Waals surface area contributed by atoms with Crippen LogP contribution in [0.5, 0.6) is 0 Å². The van der Waals surface area contributed by atoms with Crippen LogP contribution in [0, 0.1) is 5.92 Å². The Kier molecular flexibility index (Phi) is 6.15. The molecule has 1 atom stereocenters. The van der Waals surface area contributed by atoms with Crippen molar-refractivity contribution >= 4 is 17.9 Å². The van der Waals surface area contributed by atoms with E-state index in [1.54, 1.807) is 0 Å². The lowest BCUT2D eigenvalue weighted by atomic mass is 10.0. The van der Waals surface area contributed by atoms with Gasteiger partial charge in [-0.1, -0.05) is 13.3 Å². The largest absolute Gasteiger partial charge is 0.481 e. The van der Waals surface area contributed by atoms with Crippen LogP contribution in [-0.2, 0) is 9.59 Å². The summed E-state index contributed by atoms with van der Waals surface area (Å²) in [6.07, 6.45) is 1.20. The van der Waals surface area contributed by atoms with E-state index in [4.69, 9.17) is 10.8 Å². The molecule has 0 aromatic rings. The summed E-state index contributed by atoms with van der Waals surface area (Å²) >= 11 is 0. The second-order valence-corrected chi connectivity index (χ2v) is 4.65. The maximum atomic E-state index is 11.5. The van der Waals surface area contributed by atoms with Gasteiger partial charge < -0.3 is 21.5 Å². The maximum Gasteiger partial charge on any atom is 0.315 e. The van der Waals surface area contributed by atoms with E-state index in [0.29, 0.717) is 12.8 Å². The number of aliphatic carboxylic acids is 1. The minimum Gasteiger partial charge on any atom is -0.481 e. The van der Waals surface area contributed by atoms with E-state index in [2.05, 4.69) is 10.6 Å². The van der Waals surface area contributed by atoms with E-state index < -0.39 is 29.4 Å². The van der Waals surface area contributed by atoms with Crippen molar-refractivity contribution in [2.45, 2.75) is 39.2 Å². The Hall–Kier alpha value is -1.79. The highest BCUT2D eigenvalue weighted by Crippen LogP contribution is 2.05. The van der Waals surface area contributed by atoms with Crippen molar-refractivity contribution in [1.29, 1.82) is 0 Å². The number of rotatable bonds is 7. The second kappa shape index (κ2) is 6.83. The molecule has 7 heteroatoms. The number of nitrogens with two attached hydrogens (primary N) is 1. The van der Waals surface area contributed by atoms with Gasteiger partial charge in [0.15, 0.2) is 0 Å². The molecule has 7 nitrogen and oxygen atoms in total. The number of carboxylic acids is 1. The Morgan fingerprint density at radius 3 is 2.28 bits per heavy atom. The summed E-state index contributed by atoms with van der Waals surface area (Å²) in [5.41, 5.74) is 3.92. The number of carbonyl (C=O) groups is 3. The predicted octanol–water partition coefficient (Wildman–Crippen LogP) is 0.0504. The van der Waals surface area contributed by atoms with Crippen LogP contribution in [-0.4, -0.2) is 35.1 Å². The number of amides is 3. The average molecular weight is 259 g/mol. The molecule has 3 amide bonds. The van der Waals surface area contributed by atoms with Crippen LogP contribution in [0.15, 0.2) is 0 Å². The lowest BCUT2D eigenvalue weighted by Gasteiger charge is -2.23. The maximum absolute atomic E-state index is 11.5.